The molecule has 0 saturated carbocycles. The van der Waals surface area contributed by atoms with Gasteiger partial charge in [-0.15, -0.1) is 0 Å². The van der Waals surface area contributed by atoms with Gasteiger partial charge in [-0.2, -0.15) is 5.26 Å². The molecule has 1 aliphatic heterocycles. The third-order valence-electron chi connectivity index (χ3n) is 3.14. The third-order valence-corrected chi connectivity index (χ3v) is 4.03. The van der Waals surface area contributed by atoms with E-state index in [0.717, 1.165) is 36.2 Å². The zero-order valence-electron chi connectivity index (χ0n) is 9.91. The summed E-state index contributed by atoms with van der Waals surface area (Å²) >= 11 is 3.49. The first-order chi connectivity index (χ1) is 8.22. The number of benzene rings is 1. The molecular weight excluding hydrogens is 278 g/mol. The van der Waals surface area contributed by atoms with Gasteiger partial charge >= 0.3 is 0 Å². The minimum absolute atomic E-state index is 0.121. The van der Waals surface area contributed by atoms with E-state index in [1.165, 1.54) is 5.56 Å². The number of hydrogen-bond donors (Lipinski definition) is 1. The van der Waals surface area contributed by atoms with Gasteiger partial charge in [0.05, 0.1) is 6.07 Å². The number of hydrogen-bond acceptors (Lipinski definition) is 3. The molecule has 1 saturated heterocycles. The van der Waals surface area contributed by atoms with Crippen molar-refractivity contribution >= 4 is 15.9 Å². The fourth-order valence-electron chi connectivity index (χ4n) is 2.15. The molecule has 1 aromatic carbocycles. The Morgan fingerprint density at radius 1 is 1.41 bits per heavy atom. The van der Waals surface area contributed by atoms with Crippen LogP contribution in [-0.4, -0.2) is 31.1 Å². The first kappa shape index (κ1) is 12.6. The summed E-state index contributed by atoms with van der Waals surface area (Å²) in [6.07, 6.45) is 0. The number of aryl methyl sites for hydroxylation is 1. The predicted molar refractivity (Wildman–Crippen MR) is 71.7 cm³/mol. The predicted octanol–water partition coefficient (Wildman–Crippen LogP) is 2.23. The van der Waals surface area contributed by atoms with E-state index < -0.39 is 0 Å². The second-order valence-electron chi connectivity index (χ2n) is 4.33. The minimum Gasteiger partial charge on any atom is -0.314 e. The Balaban J connectivity index is 2.22. The quantitative estimate of drug-likeness (QED) is 0.909. The van der Waals surface area contributed by atoms with Crippen LogP contribution in [0.4, 0.5) is 0 Å². The molecule has 1 aromatic rings. The number of rotatable bonds is 2. The van der Waals surface area contributed by atoms with E-state index in [1.807, 2.05) is 12.1 Å². The van der Waals surface area contributed by atoms with Gasteiger partial charge in [0.1, 0.15) is 6.04 Å². The van der Waals surface area contributed by atoms with Crippen LogP contribution in [0.25, 0.3) is 0 Å². The highest BCUT2D eigenvalue weighted by molar-refractivity contribution is 9.10. The second kappa shape index (κ2) is 5.63. The molecule has 0 spiro atoms. The van der Waals surface area contributed by atoms with E-state index in [-0.39, 0.29) is 6.04 Å². The molecule has 0 aliphatic carbocycles. The van der Waals surface area contributed by atoms with Crippen LogP contribution in [0.1, 0.15) is 17.2 Å². The van der Waals surface area contributed by atoms with Gasteiger partial charge in [-0.3, -0.25) is 4.90 Å². The highest BCUT2D eigenvalue weighted by atomic mass is 79.9. The molecule has 2 rings (SSSR count). The number of nitriles is 1. The maximum atomic E-state index is 9.37. The van der Waals surface area contributed by atoms with Gasteiger partial charge in [0.2, 0.25) is 0 Å². The molecule has 1 unspecified atom stereocenters. The van der Waals surface area contributed by atoms with Gasteiger partial charge in [0.25, 0.3) is 0 Å². The van der Waals surface area contributed by atoms with Crippen molar-refractivity contribution in [3.63, 3.8) is 0 Å². The monoisotopic (exact) mass is 293 g/mol. The summed E-state index contributed by atoms with van der Waals surface area (Å²) in [5.74, 6) is 0. The standard InChI is InChI=1S/C13H16BrN3/c1-10-8-11(2-3-12(10)14)13(9-15)17-6-4-16-5-7-17/h2-3,8,13,16H,4-7H2,1H3. The summed E-state index contributed by atoms with van der Waals surface area (Å²) in [5, 5.41) is 12.7. The van der Waals surface area contributed by atoms with Crippen molar-refractivity contribution in [3.05, 3.63) is 33.8 Å². The van der Waals surface area contributed by atoms with Crippen LogP contribution in [-0.2, 0) is 0 Å². The van der Waals surface area contributed by atoms with E-state index in [2.05, 4.69) is 45.2 Å². The lowest BCUT2D eigenvalue weighted by atomic mass is 10.0. The topological polar surface area (TPSA) is 39.1 Å². The van der Waals surface area contributed by atoms with Gasteiger partial charge in [0, 0.05) is 30.7 Å². The Kier molecular flexibility index (Phi) is 4.16. The van der Waals surface area contributed by atoms with Crippen molar-refractivity contribution in [2.75, 3.05) is 26.2 Å². The molecule has 90 valence electrons. The minimum atomic E-state index is -0.121. The Morgan fingerprint density at radius 3 is 2.71 bits per heavy atom. The number of piperazine rings is 1. The van der Waals surface area contributed by atoms with Gasteiger partial charge in [0.15, 0.2) is 0 Å². The summed E-state index contributed by atoms with van der Waals surface area (Å²) in [7, 11) is 0. The Bertz CT molecular complexity index is 433. The number of nitrogens with one attached hydrogen (secondary N) is 1. The van der Waals surface area contributed by atoms with Crippen LogP contribution < -0.4 is 5.32 Å². The molecule has 0 aromatic heterocycles. The van der Waals surface area contributed by atoms with Gasteiger partial charge < -0.3 is 5.32 Å². The molecule has 1 atom stereocenters. The Hall–Kier alpha value is -0.890. The van der Waals surface area contributed by atoms with Crippen LogP contribution in [0.5, 0.6) is 0 Å². The summed E-state index contributed by atoms with van der Waals surface area (Å²) in [4.78, 5) is 2.24. The van der Waals surface area contributed by atoms with Gasteiger partial charge in [-0.05, 0) is 24.1 Å². The van der Waals surface area contributed by atoms with Gasteiger partial charge in [-0.25, -0.2) is 0 Å². The van der Waals surface area contributed by atoms with Gasteiger partial charge in [-0.1, -0.05) is 28.1 Å². The van der Waals surface area contributed by atoms with Crippen LogP contribution >= 0.6 is 15.9 Å². The Labute approximate surface area is 111 Å². The molecule has 4 heteroatoms. The molecule has 1 heterocycles. The van der Waals surface area contributed by atoms with E-state index >= 15 is 0 Å². The number of nitrogens with zero attached hydrogens (tertiary/aromatic N) is 2. The second-order valence-corrected chi connectivity index (χ2v) is 5.18. The molecular formula is C13H16BrN3. The number of halogens is 1. The lowest BCUT2D eigenvalue weighted by Crippen LogP contribution is -2.44. The maximum Gasteiger partial charge on any atom is 0.123 e. The smallest absolute Gasteiger partial charge is 0.123 e. The van der Waals surface area contributed by atoms with Crippen LogP contribution in [0, 0.1) is 18.3 Å². The van der Waals surface area contributed by atoms with Crippen molar-refractivity contribution in [2.24, 2.45) is 0 Å². The molecule has 0 amide bonds. The molecule has 17 heavy (non-hydrogen) atoms. The summed E-state index contributed by atoms with van der Waals surface area (Å²) < 4.78 is 1.10. The average molecular weight is 294 g/mol. The lowest BCUT2D eigenvalue weighted by Gasteiger charge is -2.31. The van der Waals surface area contributed by atoms with Crippen LogP contribution in [0.15, 0.2) is 22.7 Å². The van der Waals surface area contributed by atoms with Crippen molar-refractivity contribution in [1.82, 2.24) is 10.2 Å². The van der Waals surface area contributed by atoms with Crippen molar-refractivity contribution in [1.29, 1.82) is 5.26 Å². The highest BCUT2D eigenvalue weighted by Gasteiger charge is 2.21. The molecule has 0 bridgehead atoms. The molecule has 3 nitrogen and oxygen atoms in total. The molecule has 0 radical (unpaired) electrons. The largest absolute Gasteiger partial charge is 0.314 e. The zero-order chi connectivity index (χ0) is 12.3. The summed E-state index contributed by atoms with van der Waals surface area (Å²) in [5.41, 5.74) is 2.27. The maximum absolute atomic E-state index is 9.37. The first-order valence-electron chi connectivity index (χ1n) is 5.83. The fraction of sp³-hybridized carbons (Fsp3) is 0.462. The van der Waals surface area contributed by atoms with Crippen molar-refractivity contribution in [3.8, 4) is 6.07 Å². The van der Waals surface area contributed by atoms with Crippen molar-refractivity contribution < 1.29 is 0 Å². The zero-order valence-corrected chi connectivity index (χ0v) is 11.5. The van der Waals surface area contributed by atoms with E-state index in [4.69, 9.17) is 0 Å². The molecule has 1 N–H and O–H groups in total. The third kappa shape index (κ3) is 2.86. The van der Waals surface area contributed by atoms with Crippen molar-refractivity contribution in [2.45, 2.75) is 13.0 Å². The molecule has 1 aliphatic rings. The normalized spacial score (nSPS) is 18.6. The van der Waals surface area contributed by atoms with E-state index in [9.17, 15) is 5.26 Å². The SMILES string of the molecule is Cc1cc(C(C#N)N2CCNCC2)ccc1Br. The average Bonchev–Trinajstić information content (AvgIpc) is 2.36. The van der Waals surface area contributed by atoms with Crippen LogP contribution in [0.2, 0.25) is 0 Å². The van der Waals surface area contributed by atoms with E-state index in [1.54, 1.807) is 0 Å². The first-order valence-corrected chi connectivity index (χ1v) is 6.62. The summed E-state index contributed by atoms with van der Waals surface area (Å²) in [6.45, 7) is 5.86. The van der Waals surface area contributed by atoms with E-state index in [0.29, 0.717) is 0 Å². The molecule has 1 fully saturated rings. The van der Waals surface area contributed by atoms with Crippen LogP contribution in [0.3, 0.4) is 0 Å². The Morgan fingerprint density at radius 2 is 2.12 bits per heavy atom. The highest BCUT2D eigenvalue weighted by Crippen LogP contribution is 2.25. The summed E-state index contributed by atoms with van der Waals surface area (Å²) in [6, 6.07) is 8.45. The fourth-order valence-corrected chi connectivity index (χ4v) is 2.39. The lowest BCUT2D eigenvalue weighted by molar-refractivity contribution is 0.207.